The Morgan fingerprint density at radius 1 is 0.943 bits per heavy atom. The number of rotatable bonds is 14. The van der Waals surface area contributed by atoms with Gasteiger partial charge in [-0.1, -0.05) is 63.2 Å². The standard InChI is InChI=1S/C28H39NO6/c1-5-33-25(26(30)31)21-23-11-13-24(14-12-23)34-20-18-29(17-16-28(2,3)4)27(32)35-19-15-22-9-7-6-8-10-22/h6-14,25H,5,15-21H2,1-4H3,(H,30,31). The molecule has 2 aromatic carbocycles. The summed E-state index contributed by atoms with van der Waals surface area (Å²) in [5.74, 6) is -0.316. The summed E-state index contributed by atoms with van der Waals surface area (Å²) >= 11 is 0. The molecule has 0 radical (unpaired) electrons. The molecule has 192 valence electrons. The summed E-state index contributed by atoms with van der Waals surface area (Å²) in [6.07, 6.45) is 0.615. The minimum absolute atomic E-state index is 0.0918. The molecule has 0 aromatic heterocycles. The van der Waals surface area contributed by atoms with Crippen LogP contribution in [-0.2, 0) is 27.1 Å². The molecule has 7 heteroatoms. The number of nitrogens with zero attached hydrogens (tertiary/aromatic N) is 1. The highest BCUT2D eigenvalue weighted by Gasteiger charge is 2.20. The zero-order valence-corrected chi connectivity index (χ0v) is 21.4. The van der Waals surface area contributed by atoms with Crippen molar-refractivity contribution in [1.29, 1.82) is 0 Å². The van der Waals surface area contributed by atoms with Gasteiger partial charge in [-0.2, -0.15) is 0 Å². The summed E-state index contributed by atoms with van der Waals surface area (Å²) in [5.41, 5.74) is 2.07. The van der Waals surface area contributed by atoms with Gasteiger partial charge in [0.15, 0.2) is 6.10 Å². The summed E-state index contributed by atoms with van der Waals surface area (Å²) < 4.78 is 16.7. The van der Waals surface area contributed by atoms with E-state index in [4.69, 9.17) is 14.2 Å². The van der Waals surface area contributed by atoms with Crippen molar-refractivity contribution in [2.24, 2.45) is 5.41 Å². The first kappa shape index (κ1) is 28.2. The van der Waals surface area contributed by atoms with Crippen LogP contribution >= 0.6 is 0 Å². The van der Waals surface area contributed by atoms with Gasteiger partial charge in [-0.15, -0.1) is 0 Å². The van der Waals surface area contributed by atoms with Crippen molar-refractivity contribution < 1.29 is 28.9 Å². The number of ether oxygens (including phenoxy) is 3. The summed E-state index contributed by atoms with van der Waals surface area (Å²) in [7, 11) is 0. The molecule has 1 unspecified atom stereocenters. The molecule has 0 fully saturated rings. The van der Waals surface area contributed by atoms with Crippen LogP contribution in [0, 0.1) is 5.41 Å². The second-order valence-electron chi connectivity index (χ2n) is 9.63. The zero-order chi connectivity index (χ0) is 25.7. The average molecular weight is 486 g/mol. The molecule has 0 aliphatic heterocycles. The molecule has 0 aliphatic carbocycles. The van der Waals surface area contributed by atoms with E-state index in [-0.39, 0.29) is 11.5 Å². The molecular weight excluding hydrogens is 446 g/mol. The molecule has 2 rings (SSSR count). The molecule has 0 heterocycles. The number of amides is 1. The van der Waals surface area contributed by atoms with Crippen LogP contribution < -0.4 is 4.74 Å². The number of carbonyl (C=O) groups is 2. The van der Waals surface area contributed by atoms with Gasteiger partial charge in [0.05, 0.1) is 13.2 Å². The van der Waals surface area contributed by atoms with Gasteiger partial charge in [-0.25, -0.2) is 9.59 Å². The van der Waals surface area contributed by atoms with E-state index in [1.165, 1.54) is 0 Å². The lowest BCUT2D eigenvalue weighted by molar-refractivity contribution is -0.149. The number of hydrogen-bond donors (Lipinski definition) is 1. The van der Waals surface area contributed by atoms with Crippen molar-refractivity contribution in [3.63, 3.8) is 0 Å². The Morgan fingerprint density at radius 2 is 1.63 bits per heavy atom. The van der Waals surface area contributed by atoms with Crippen molar-refractivity contribution >= 4 is 12.1 Å². The Kier molecular flexibility index (Phi) is 11.6. The molecule has 0 aliphatic rings. The van der Waals surface area contributed by atoms with Gasteiger partial charge in [0.1, 0.15) is 12.4 Å². The van der Waals surface area contributed by atoms with Gasteiger partial charge >= 0.3 is 12.1 Å². The topological polar surface area (TPSA) is 85.3 Å². The van der Waals surface area contributed by atoms with E-state index in [1.54, 1.807) is 24.0 Å². The molecule has 0 bridgehead atoms. The van der Waals surface area contributed by atoms with Crippen LogP contribution in [0.4, 0.5) is 4.79 Å². The van der Waals surface area contributed by atoms with E-state index in [2.05, 4.69) is 20.8 Å². The maximum atomic E-state index is 12.7. The molecule has 1 atom stereocenters. The van der Waals surface area contributed by atoms with Crippen molar-refractivity contribution in [1.82, 2.24) is 4.90 Å². The second kappa shape index (κ2) is 14.4. The van der Waals surface area contributed by atoms with E-state index in [0.29, 0.717) is 51.5 Å². The number of carboxylic acid groups (broad SMARTS) is 1. The molecule has 2 aromatic rings. The number of carboxylic acids is 1. The summed E-state index contributed by atoms with van der Waals surface area (Å²) in [6.45, 7) is 10.2. The Hall–Kier alpha value is -3.06. The highest BCUT2D eigenvalue weighted by atomic mass is 16.6. The molecule has 1 N–H and O–H groups in total. The first-order chi connectivity index (χ1) is 16.7. The van der Waals surface area contributed by atoms with Gasteiger partial charge < -0.3 is 24.2 Å². The monoisotopic (exact) mass is 485 g/mol. The van der Waals surface area contributed by atoms with Crippen LogP contribution in [0.1, 0.15) is 45.2 Å². The molecule has 35 heavy (non-hydrogen) atoms. The Balaban J connectivity index is 1.86. The Labute approximate surface area is 209 Å². The van der Waals surface area contributed by atoms with E-state index in [9.17, 15) is 14.7 Å². The third-order valence-corrected chi connectivity index (χ3v) is 5.47. The third kappa shape index (κ3) is 11.3. The smallest absolute Gasteiger partial charge is 0.409 e. The molecule has 0 spiro atoms. The van der Waals surface area contributed by atoms with Crippen LogP contribution in [0.15, 0.2) is 54.6 Å². The number of hydrogen-bond acceptors (Lipinski definition) is 5. The first-order valence-electron chi connectivity index (χ1n) is 12.2. The van der Waals surface area contributed by atoms with Gasteiger partial charge in [-0.05, 0) is 42.0 Å². The lowest BCUT2D eigenvalue weighted by atomic mass is 9.92. The van der Waals surface area contributed by atoms with Crippen LogP contribution in [0.2, 0.25) is 0 Å². The second-order valence-corrected chi connectivity index (χ2v) is 9.63. The normalized spacial score (nSPS) is 12.1. The lowest BCUT2D eigenvalue weighted by Crippen LogP contribution is -2.37. The third-order valence-electron chi connectivity index (χ3n) is 5.47. The fourth-order valence-corrected chi connectivity index (χ4v) is 3.39. The summed E-state index contributed by atoms with van der Waals surface area (Å²) in [5, 5.41) is 9.25. The van der Waals surface area contributed by atoms with Crippen LogP contribution in [-0.4, -0.2) is 61.1 Å². The molecule has 0 saturated carbocycles. The quantitative estimate of drug-likeness (QED) is 0.395. The lowest BCUT2D eigenvalue weighted by Gasteiger charge is -2.26. The van der Waals surface area contributed by atoms with Crippen molar-refractivity contribution in [3.05, 3.63) is 65.7 Å². The highest BCUT2D eigenvalue weighted by molar-refractivity contribution is 5.72. The van der Waals surface area contributed by atoms with E-state index < -0.39 is 12.1 Å². The number of benzene rings is 2. The van der Waals surface area contributed by atoms with Gasteiger partial charge in [0.25, 0.3) is 0 Å². The zero-order valence-electron chi connectivity index (χ0n) is 21.4. The highest BCUT2D eigenvalue weighted by Crippen LogP contribution is 2.19. The maximum Gasteiger partial charge on any atom is 0.409 e. The Bertz CT molecular complexity index is 892. The van der Waals surface area contributed by atoms with E-state index in [0.717, 1.165) is 17.5 Å². The summed E-state index contributed by atoms with van der Waals surface area (Å²) in [6, 6.07) is 17.2. The minimum Gasteiger partial charge on any atom is -0.492 e. The minimum atomic E-state index is -0.974. The SMILES string of the molecule is CCOC(Cc1ccc(OCCN(CCC(C)(C)C)C(=O)OCCc2ccccc2)cc1)C(=O)O. The van der Waals surface area contributed by atoms with E-state index in [1.807, 2.05) is 42.5 Å². The fourth-order valence-electron chi connectivity index (χ4n) is 3.39. The maximum absolute atomic E-state index is 12.7. The summed E-state index contributed by atoms with van der Waals surface area (Å²) in [4.78, 5) is 25.7. The molecule has 7 nitrogen and oxygen atoms in total. The molecular formula is C28H39NO6. The number of carbonyl (C=O) groups excluding carboxylic acids is 1. The van der Waals surface area contributed by atoms with Crippen molar-refractivity contribution in [3.8, 4) is 5.75 Å². The van der Waals surface area contributed by atoms with E-state index >= 15 is 0 Å². The predicted molar refractivity (Wildman–Crippen MR) is 136 cm³/mol. The van der Waals surface area contributed by atoms with Gasteiger partial charge in [-0.3, -0.25) is 0 Å². The fraction of sp³-hybridized carbons (Fsp3) is 0.500. The predicted octanol–water partition coefficient (Wildman–Crippen LogP) is 5.22. The van der Waals surface area contributed by atoms with Crippen LogP contribution in [0.25, 0.3) is 0 Å². The molecule has 1 amide bonds. The van der Waals surface area contributed by atoms with Crippen LogP contribution in [0.5, 0.6) is 5.75 Å². The van der Waals surface area contributed by atoms with Gasteiger partial charge in [0, 0.05) is 26.0 Å². The van der Waals surface area contributed by atoms with Crippen LogP contribution in [0.3, 0.4) is 0 Å². The molecule has 0 saturated heterocycles. The average Bonchev–Trinajstić information content (AvgIpc) is 2.82. The largest absolute Gasteiger partial charge is 0.492 e. The van der Waals surface area contributed by atoms with Crippen molar-refractivity contribution in [2.45, 2.75) is 53.1 Å². The first-order valence-corrected chi connectivity index (χ1v) is 12.2. The Morgan fingerprint density at radius 3 is 2.23 bits per heavy atom. The van der Waals surface area contributed by atoms with Gasteiger partial charge in [0.2, 0.25) is 0 Å². The number of aliphatic carboxylic acids is 1. The van der Waals surface area contributed by atoms with Crippen molar-refractivity contribution in [2.75, 3.05) is 32.9 Å².